The van der Waals surface area contributed by atoms with E-state index in [2.05, 4.69) is 71.5 Å². The minimum Gasteiger partial charge on any atom is -0.386 e. The molecule has 1 unspecified atom stereocenters. The summed E-state index contributed by atoms with van der Waals surface area (Å²) in [5.41, 5.74) is 4.31. The van der Waals surface area contributed by atoms with Gasteiger partial charge in [-0.1, -0.05) is 19.1 Å². The Labute approximate surface area is 115 Å². The van der Waals surface area contributed by atoms with Gasteiger partial charge in [0.05, 0.1) is 12.1 Å². The molecule has 0 fully saturated rings. The predicted molar refractivity (Wildman–Crippen MR) is 80.0 cm³/mol. The van der Waals surface area contributed by atoms with Crippen LogP contribution in [-0.4, -0.2) is 30.2 Å². The van der Waals surface area contributed by atoms with E-state index in [9.17, 15) is 0 Å². The molecule has 0 radical (unpaired) electrons. The average molecular weight is 260 g/mol. The van der Waals surface area contributed by atoms with Crippen LogP contribution in [0.2, 0.25) is 0 Å². The van der Waals surface area contributed by atoms with Crippen LogP contribution in [0.25, 0.3) is 0 Å². The van der Waals surface area contributed by atoms with E-state index in [1.807, 2.05) is 6.20 Å². The molecule has 0 aromatic carbocycles. The Bertz CT molecular complexity index is 400. The standard InChI is InChI=1S/C15H24N4/c1-3-16-14-6-8-15(9-7-14,17-4-2)10-13-19-12-5-11-18-19/h5-8,10-11,13,16-18H,3-4,9,12H2,1-2H3. The Morgan fingerprint density at radius 3 is 2.89 bits per heavy atom. The summed E-state index contributed by atoms with van der Waals surface area (Å²) >= 11 is 0. The molecule has 0 amide bonds. The van der Waals surface area contributed by atoms with Gasteiger partial charge in [-0.2, -0.15) is 0 Å². The number of nitrogens with one attached hydrogen (secondary N) is 3. The molecule has 0 spiro atoms. The van der Waals surface area contributed by atoms with Crippen LogP contribution >= 0.6 is 0 Å². The Balaban J connectivity index is 2.01. The number of hydrogen-bond acceptors (Lipinski definition) is 4. The van der Waals surface area contributed by atoms with Crippen LogP contribution in [0.15, 0.2) is 48.5 Å². The average Bonchev–Trinajstić information content (AvgIpc) is 2.93. The molecule has 1 aliphatic carbocycles. The van der Waals surface area contributed by atoms with Gasteiger partial charge in [-0.15, -0.1) is 0 Å². The first-order valence-corrected chi connectivity index (χ1v) is 7.03. The fourth-order valence-corrected chi connectivity index (χ4v) is 2.33. The van der Waals surface area contributed by atoms with Gasteiger partial charge in [0, 0.05) is 24.6 Å². The number of hydrogen-bond donors (Lipinski definition) is 3. The summed E-state index contributed by atoms with van der Waals surface area (Å²) in [6.07, 6.45) is 16.0. The molecule has 0 bridgehead atoms. The van der Waals surface area contributed by atoms with Crippen molar-refractivity contribution < 1.29 is 0 Å². The highest BCUT2D eigenvalue weighted by molar-refractivity contribution is 5.33. The maximum Gasteiger partial charge on any atom is 0.0607 e. The van der Waals surface area contributed by atoms with Crippen molar-refractivity contribution in [2.45, 2.75) is 25.8 Å². The third kappa shape index (κ3) is 3.64. The van der Waals surface area contributed by atoms with E-state index in [1.165, 1.54) is 5.70 Å². The van der Waals surface area contributed by atoms with Crippen molar-refractivity contribution in [3.8, 4) is 0 Å². The molecule has 19 heavy (non-hydrogen) atoms. The summed E-state index contributed by atoms with van der Waals surface area (Å²) in [5.74, 6) is 0. The van der Waals surface area contributed by atoms with Crippen molar-refractivity contribution in [3.05, 3.63) is 48.5 Å². The first kappa shape index (κ1) is 13.7. The van der Waals surface area contributed by atoms with Gasteiger partial charge in [0.2, 0.25) is 0 Å². The van der Waals surface area contributed by atoms with Crippen molar-refractivity contribution in [1.82, 2.24) is 21.1 Å². The van der Waals surface area contributed by atoms with Crippen LogP contribution in [0.1, 0.15) is 20.3 Å². The molecule has 0 aromatic heterocycles. The molecule has 2 rings (SSSR count). The van der Waals surface area contributed by atoms with Crippen LogP contribution in [0.3, 0.4) is 0 Å². The maximum atomic E-state index is 3.56. The highest BCUT2D eigenvalue weighted by Crippen LogP contribution is 2.22. The molecule has 4 heteroatoms. The highest BCUT2D eigenvalue weighted by Gasteiger charge is 2.24. The fourth-order valence-electron chi connectivity index (χ4n) is 2.33. The summed E-state index contributed by atoms with van der Waals surface area (Å²) in [5, 5.41) is 8.98. The minimum atomic E-state index is -0.0715. The maximum absolute atomic E-state index is 3.56. The molecule has 0 aromatic rings. The lowest BCUT2D eigenvalue weighted by Crippen LogP contribution is -2.43. The predicted octanol–water partition coefficient (Wildman–Crippen LogP) is 1.64. The number of rotatable bonds is 6. The minimum absolute atomic E-state index is 0.0715. The second-order valence-corrected chi connectivity index (χ2v) is 4.80. The second-order valence-electron chi connectivity index (χ2n) is 4.80. The van der Waals surface area contributed by atoms with Gasteiger partial charge in [0.25, 0.3) is 0 Å². The molecule has 1 aliphatic heterocycles. The smallest absolute Gasteiger partial charge is 0.0607 e. The second kappa shape index (κ2) is 6.48. The van der Waals surface area contributed by atoms with E-state index < -0.39 is 0 Å². The number of hydrazine groups is 1. The normalized spacial score (nSPS) is 25.8. The summed E-state index contributed by atoms with van der Waals surface area (Å²) < 4.78 is 0. The number of likely N-dealkylation sites (N-methyl/N-ethyl adjacent to an activating group) is 2. The summed E-state index contributed by atoms with van der Waals surface area (Å²) in [6, 6.07) is 0. The van der Waals surface area contributed by atoms with Crippen LogP contribution < -0.4 is 16.1 Å². The molecule has 2 aliphatic rings. The lowest BCUT2D eigenvalue weighted by Gasteiger charge is -2.31. The largest absolute Gasteiger partial charge is 0.386 e. The van der Waals surface area contributed by atoms with E-state index in [-0.39, 0.29) is 5.54 Å². The number of nitrogens with zero attached hydrogens (tertiary/aromatic N) is 1. The Hall–Kier alpha value is -1.68. The van der Waals surface area contributed by atoms with Crippen LogP contribution in [-0.2, 0) is 0 Å². The molecule has 0 saturated carbocycles. The van der Waals surface area contributed by atoms with E-state index in [4.69, 9.17) is 0 Å². The SMILES string of the molecule is CCNC1=CCC(C=CN2CC=CN2)(NCC)C=C1. The quantitative estimate of drug-likeness (QED) is 0.679. The molecule has 1 heterocycles. The van der Waals surface area contributed by atoms with Crippen LogP contribution in [0.5, 0.6) is 0 Å². The lowest BCUT2D eigenvalue weighted by atomic mass is 9.90. The van der Waals surface area contributed by atoms with Crippen LogP contribution in [0, 0.1) is 0 Å². The molecular weight excluding hydrogens is 236 g/mol. The summed E-state index contributed by atoms with van der Waals surface area (Å²) in [4.78, 5) is 0. The van der Waals surface area contributed by atoms with Crippen molar-refractivity contribution in [2.24, 2.45) is 0 Å². The third-order valence-corrected chi connectivity index (χ3v) is 3.32. The molecular formula is C15H24N4. The Kier molecular flexibility index (Phi) is 4.68. The molecule has 4 nitrogen and oxygen atoms in total. The molecule has 0 saturated heterocycles. The van der Waals surface area contributed by atoms with Crippen LogP contribution in [0.4, 0.5) is 0 Å². The third-order valence-electron chi connectivity index (χ3n) is 3.32. The highest BCUT2D eigenvalue weighted by atomic mass is 15.5. The van der Waals surface area contributed by atoms with Crippen molar-refractivity contribution in [3.63, 3.8) is 0 Å². The molecule has 1 atom stereocenters. The first-order chi connectivity index (χ1) is 9.28. The van der Waals surface area contributed by atoms with Gasteiger partial charge in [0.1, 0.15) is 0 Å². The monoisotopic (exact) mass is 260 g/mol. The Morgan fingerprint density at radius 2 is 2.32 bits per heavy atom. The first-order valence-electron chi connectivity index (χ1n) is 7.03. The van der Waals surface area contributed by atoms with Gasteiger partial charge in [-0.05, 0) is 38.1 Å². The zero-order valence-corrected chi connectivity index (χ0v) is 11.8. The van der Waals surface area contributed by atoms with Crippen molar-refractivity contribution >= 4 is 0 Å². The van der Waals surface area contributed by atoms with Gasteiger partial charge < -0.3 is 16.1 Å². The molecule has 3 N–H and O–H groups in total. The zero-order valence-electron chi connectivity index (χ0n) is 11.8. The lowest BCUT2D eigenvalue weighted by molar-refractivity contribution is 0.369. The fraction of sp³-hybridized carbons (Fsp3) is 0.467. The number of allylic oxidation sites excluding steroid dienone is 1. The van der Waals surface area contributed by atoms with Gasteiger partial charge >= 0.3 is 0 Å². The van der Waals surface area contributed by atoms with Crippen molar-refractivity contribution in [1.29, 1.82) is 0 Å². The van der Waals surface area contributed by atoms with Gasteiger partial charge in [0.15, 0.2) is 0 Å². The molecule has 104 valence electrons. The van der Waals surface area contributed by atoms with E-state index >= 15 is 0 Å². The van der Waals surface area contributed by atoms with E-state index in [0.717, 1.165) is 26.1 Å². The van der Waals surface area contributed by atoms with Crippen molar-refractivity contribution in [2.75, 3.05) is 19.6 Å². The summed E-state index contributed by atoms with van der Waals surface area (Å²) in [7, 11) is 0. The van der Waals surface area contributed by atoms with Gasteiger partial charge in [-0.25, -0.2) is 0 Å². The van der Waals surface area contributed by atoms with Gasteiger partial charge in [-0.3, -0.25) is 5.01 Å². The topological polar surface area (TPSA) is 39.3 Å². The Morgan fingerprint density at radius 1 is 1.42 bits per heavy atom. The van der Waals surface area contributed by atoms with E-state index in [0.29, 0.717) is 0 Å². The zero-order chi connectivity index (χ0) is 13.6. The van der Waals surface area contributed by atoms with E-state index in [1.54, 1.807) is 0 Å². The summed E-state index contributed by atoms with van der Waals surface area (Å²) in [6.45, 7) is 7.09.